The van der Waals surface area contributed by atoms with Crippen molar-refractivity contribution in [2.75, 3.05) is 6.16 Å². The molecule has 0 bridgehead atoms. The average molecular weight is 497 g/mol. The van der Waals surface area contributed by atoms with Crippen LogP contribution in [0, 0.1) is 0 Å². The molecule has 35 heavy (non-hydrogen) atoms. The second-order valence-corrected chi connectivity index (χ2v) is 14.9. The van der Waals surface area contributed by atoms with Crippen LogP contribution >= 0.6 is 15.5 Å². The van der Waals surface area contributed by atoms with Crippen molar-refractivity contribution in [2.24, 2.45) is 0 Å². The van der Waals surface area contributed by atoms with Crippen molar-refractivity contribution in [3.63, 3.8) is 0 Å². The summed E-state index contributed by atoms with van der Waals surface area (Å²) in [6, 6.07) is 27.0. The molecule has 1 aliphatic carbocycles. The molecule has 5 atom stereocenters. The smallest absolute Gasteiger partial charge is 0.163 e. The van der Waals surface area contributed by atoms with E-state index in [1.807, 2.05) is 0 Å². The van der Waals surface area contributed by atoms with Gasteiger partial charge in [-0.1, -0.05) is 105 Å². The van der Waals surface area contributed by atoms with Gasteiger partial charge in [0.05, 0.1) is 12.2 Å². The number of hydrogen-bond donors (Lipinski definition) is 0. The van der Waals surface area contributed by atoms with Gasteiger partial charge in [-0.2, -0.15) is 0 Å². The number of hydrogen-bond acceptors (Lipinski definition) is 2. The molecular weight excluding hydrogens is 466 g/mol. The molecule has 176 valence electrons. The van der Waals surface area contributed by atoms with Gasteiger partial charge >= 0.3 is 0 Å². The maximum absolute atomic E-state index is 6.67. The molecule has 4 aromatic rings. The van der Waals surface area contributed by atoms with Gasteiger partial charge in [0.1, 0.15) is 0 Å². The summed E-state index contributed by atoms with van der Waals surface area (Å²) in [5.74, 6) is -0.0336. The third-order valence-electron chi connectivity index (χ3n) is 7.78. The van der Waals surface area contributed by atoms with Gasteiger partial charge in [-0.15, -0.1) is 7.53 Å². The molecule has 0 radical (unpaired) electrons. The molecule has 1 saturated heterocycles. The van der Waals surface area contributed by atoms with Gasteiger partial charge in [0.25, 0.3) is 0 Å². The van der Waals surface area contributed by atoms with Crippen LogP contribution in [0.3, 0.4) is 0 Å². The van der Waals surface area contributed by atoms with Crippen molar-refractivity contribution in [1.82, 2.24) is 0 Å². The molecule has 3 unspecified atom stereocenters. The van der Waals surface area contributed by atoms with Crippen LogP contribution in [0.4, 0.5) is 0 Å². The van der Waals surface area contributed by atoms with Crippen molar-refractivity contribution in [1.29, 1.82) is 0 Å². The normalized spacial score (nSPS) is 28.6. The first-order chi connectivity index (χ1) is 17.1. The number of benzene rings is 3. The monoisotopic (exact) mass is 496 g/mol. The summed E-state index contributed by atoms with van der Waals surface area (Å²) in [6.07, 6.45) is 11.6. The van der Waals surface area contributed by atoms with E-state index in [0.29, 0.717) is 11.6 Å². The molecule has 1 fully saturated rings. The van der Waals surface area contributed by atoms with E-state index in [1.54, 1.807) is 5.30 Å². The van der Waals surface area contributed by atoms with Gasteiger partial charge in [0, 0.05) is 34.1 Å². The van der Waals surface area contributed by atoms with Crippen LogP contribution in [0.2, 0.25) is 0 Å². The lowest BCUT2D eigenvalue weighted by Gasteiger charge is -2.27. The fourth-order valence-corrected chi connectivity index (χ4v) is 12.5. The van der Waals surface area contributed by atoms with Crippen LogP contribution in [0.5, 0.6) is 0 Å². The number of fused-ring (bicyclic) bond motifs is 6. The molecule has 3 heterocycles. The largest absolute Gasteiger partial charge is 0.344 e. The van der Waals surface area contributed by atoms with Crippen LogP contribution in [-0.4, -0.2) is 29.8 Å². The zero-order valence-corrected chi connectivity index (χ0v) is 22.0. The highest BCUT2D eigenvalue weighted by Crippen LogP contribution is 2.58. The maximum Gasteiger partial charge on any atom is 0.163 e. The lowest BCUT2D eigenvalue weighted by atomic mass is 9.93. The van der Waals surface area contributed by atoms with Crippen molar-refractivity contribution in [3.8, 4) is 0 Å². The van der Waals surface area contributed by atoms with Gasteiger partial charge in [-0.05, 0) is 35.5 Å². The van der Waals surface area contributed by atoms with Gasteiger partial charge in [-0.3, -0.25) is 0 Å². The first-order valence-electron chi connectivity index (χ1n) is 12.6. The number of ether oxygens (including phenoxy) is 2. The second-order valence-electron chi connectivity index (χ2n) is 10.4. The quantitative estimate of drug-likeness (QED) is 0.268. The Morgan fingerprint density at radius 2 is 1.31 bits per heavy atom. The fraction of sp³-hybridized carbons (Fsp3) is 0.290. The minimum atomic E-state index is -0.542. The topological polar surface area (TPSA) is 18.5 Å². The Balaban J connectivity index is 1.25. The summed E-state index contributed by atoms with van der Waals surface area (Å²) in [5, 5.41) is 7.35. The zero-order chi connectivity index (χ0) is 23.6. The third kappa shape index (κ3) is 3.66. The van der Waals surface area contributed by atoms with Crippen LogP contribution < -0.4 is 5.30 Å². The molecule has 2 aliphatic heterocycles. The van der Waals surface area contributed by atoms with Crippen molar-refractivity contribution < 1.29 is 9.47 Å². The molecule has 0 N–H and O–H groups in total. The van der Waals surface area contributed by atoms with E-state index in [-0.39, 0.29) is 20.1 Å². The van der Waals surface area contributed by atoms with E-state index in [1.165, 1.54) is 26.6 Å². The molecule has 2 nitrogen and oxygen atoms in total. The Hall–Kier alpha value is -2.21. The summed E-state index contributed by atoms with van der Waals surface area (Å²) in [6.45, 7) is 4.18. The van der Waals surface area contributed by atoms with Crippen LogP contribution in [-0.2, 0) is 15.6 Å². The van der Waals surface area contributed by atoms with E-state index in [9.17, 15) is 0 Å². The Morgan fingerprint density at radius 3 is 2.06 bits per heavy atom. The van der Waals surface area contributed by atoms with Crippen molar-refractivity contribution in [3.05, 3.63) is 103 Å². The SMILES string of the molecule is CC1(C)O[C@@H](CP2c3ccccc3C3C=CC=CC32)[C@H](Cp2c3ccccc3c3ccccc32)O1. The van der Waals surface area contributed by atoms with Gasteiger partial charge in [0.2, 0.25) is 0 Å². The molecule has 3 aromatic carbocycles. The summed E-state index contributed by atoms with van der Waals surface area (Å²) >= 11 is 0. The number of allylic oxidation sites excluding steroid dienone is 4. The second kappa shape index (κ2) is 8.43. The first-order valence-corrected chi connectivity index (χ1v) is 15.7. The highest BCUT2D eigenvalue weighted by Gasteiger charge is 2.46. The van der Waals surface area contributed by atoms with Crippen LogP contribution in [0.25, 0.3) is 21.0 Å². The van der Waals surface area contributed by atoms with Crippen molar-refractivity contribution >= 4 is 41.8 Å². The highest BCUT2D eigenvalue weighted by atomic mass is 31.1. The minimum absolute atomic E-state index is 0.104. The van der Waals surface area contributed by atoms with E-state index >= 15 is 0 Å². The molecule has 4 heteroatoms. The Bertz CT molecular complexity index is 1430. The lowest BCUT2D eigenvalue weighted by Crippen LogP contribution is -2.29. The summed E-state index contributed by atoms with van der Waals surface area (Å²) in [5.41, 5.74) is 2.08. The molecule has 0 spiro atoms. The van der Waals surface area contributed by atoms with E-state index < -0.39 is 13.3 Å². The standard InChI is InChI=1S/C31H30O2P2/c1-31(2)32-25(19-34-27-15-7-3-11-21(27)22-12-4-8-16-28(22)34)26(33-31)20-35-29-17-9-5-13-23(29)24-14-6-10-18-30(24)35/h3-18,21,25-27H,19-20H2,1-2H3/t21?,25-,26-,27?,34?/m0/s1. The molecule has 7 rings (SSSR count). The van der Waals surface area contributed by atoms with E-state index in [0.717, 1.165) is 12.3 Å². The highest BCUT2D eigenvalue weighted by molar-refractivity contribution is 7.67. The Labute approximate surface area is 209 Å². The first kappa shape index (κ1) is 22.0. The zero-order valence-electron chi connectivity index (χ0n) is 20.2. The lowest BCUT2D eigenvalue weighted by molar-refractivity contribution is -0.143. The van der Waals surface area contributed by atoms with E-state index in [4.69, 9.17) is 9.47 Å². The van der Waals surface area contributed by atoms with Crippen molar-refractivity contribution in [2.45, 2.75) is 49.6 Å². The molecule has 0 saturated carbocycles. The number of rotatable bonds is 4. The van der Waals surface area contributed by atoms with Gasteiger partial charge in [0.15, 0.2) is 5.79 Å². The predicted molar refractivity (Wildman–Crippen MR) is 151 cm³/mol. The maximum atomic E-state index is 6.67. The van der Waals surface area contributed by atoms with E-state index in [2.05, 4.69) is 111 Å². The predicted octanol–water partition coefficient (Wildman–Crippen LogP) is 7.90. The summed E-state index contributed by atoms with van der Waals surface area (Å²) in [4.78, 5) is 0. The van der Waals surface area contributed by atoms with Crippen LogP contribution in [0.15, 0.2) is 97.1 Å². The molecule has 3 aliphatic rings. The molecule has 0 amide bonds. The Morgan fingerprint density at radius 1 is 0.714 bits per heavy atom. The summed E-state index contributed by atoms with van der Waals surface area (Å²) in [7, 11) is -0.821. The molecular formula is C31H30O2P2. The van der Waals surface area contributed by atoms with Gasteiger partial charge < -0.3 is 9.47 Å². The van der Waals surface area contributed by atoms with Crippen LogP contribution in [0.1, 0.15) is 25.3 Å². The third-order valence-corrected chi connectivity index (χ3v) is 13.4. The molecule has 1 aromatic heterocycles. The van der Waals surface area contributed by atoms with Gasteiger partial charge in [-0.25, -0.2) is 0 Å². The summed E-state index contributed by atoms with van der Waals surface area (Å²) < 4.78 is 13.3. The average Bonchev–Trinajstić information content (AvgIpc) is 3.48. The Kier molecular flexibility index (Phi) is 5.30. The fourth-order valence-electron chi connectivity index (χ4n) is 6.38. The minimum Gasteiger partial charge on any atom is -0.344 e.